The minimum atomic E-state index is -3.24. The van der Waals surface area contributed by atoms with Crippen molar-refractivity contribution >= 4 is 59.1 Å². The average molecular weight is 460 g/mol. The van der Waals surface area contributed by atoms with Crippen LogP contribution in [0.15, 0.2) is 13.6 Å². The van der Waals surface area contributed by atoms with Crippen LogP contribution >= 0.6 is 43.2 Å². The van der Waals surface area contributed by atoms with Crippen LogP contribution in [0.3, 0.4) is 0 Å². The van der Waals surface area contributed by atoms with Gasteiger partial charge in [0.1, 0.15) is 0 Å². The molecule has 21 heavy (non-hydrogen) atoms. The molecule has 1 aliphatic heterocycles. The first-order valence-electron chi connectivity index (χ1n) is 6.48. The SMILES string of the molecule is CS(=O)(=O)NCC1CCCCN1C(=O)c1cc(Br)sc1Br. The number of hydrogen-bond donors (Lipinski definition) is 1. The number of sulfonamides is 1. The summed E-state index contributed by atoms with van der Waals surface area (Å²) in [6.07, 6.45) is 3.91. The Hall–Kier alpha value is 0.0400. The summed E-state index contributed by atoms with van der Waals surface area (Å²) < 4.78 is 26.7. The van der Waals surface area contributed by atoms with Crippen LogP contribution < -0.4 is 4.72 Å². The third-order valence-electron chi connectivity index (χ3n) is 3.36. The predicted molar refractivity (Wildman–Crippen MR) is 91.2 cm³/mol. The second kappa shape index (κ2) is 7.08. The van der Waals surface area contributed by atoms with Crippen LogP contribution in [-0.2, 0) is 10.0 Å². The van der Waals surface area contributed by atoms with Crippen LogP contribution in [0.25, 0.3) is 0 Å². The number of amides is 1. The highest BCUT2D eigenvalue weighted by Crippen LogP contribution is 2.33. The standard InChI is InChI=1S/C12H16Br2N2O3S2/c1-21(18,19)15-7-8-4-2-3-5-16(8)12(17)9-6-10(13)20-11(9)14/h6,8,15H,2-5,7H2,1H3. The van der Waals surface area contributed by atoms with Crippen LogP contribution in [0.1, 0.15) is 29.6 Å². The van der Waals surface area contributed by atoms with Crippen molar-refractivity contribution in [2.24, 2.45) is 0 Å². The van der Waals surface area contributed by atoms with Gasteiger partial charge in [0.25, 0.3) is 5.91 Å². The molecule has 1 saturated heterocycles. The third kappa shape index (κ3) is 4.75. The minimum Gasteiger partial charge on any atom is -0.334 e. The van der Waals surface area contributed by atoms with E-state index in [4.69, 9.17) is 0 Å². The Bertz CT molecular complexity index is 630. The molecule has 118 valence electrons. The van der Waals surface area contributed by atoms with Gasteiger partial charge in [0.2, 0.25) is 10.0 Å². The molecule has 0 saturated carbocycles. The van der Waals surface area contributed by atoms with E-state index in [1.165, 1.54) is 11.3 Å². The molecule has 0 spiro atoms. The monoisotopic (exact) mass is 458 g/mol. The Morgan fingerprint density at radius 3 is 2.76 bits per heavy atom. The maximum Gasteiger partial charge on any atom is 0.256 e. The number of hydrogen-bond acceptors (Lipinski definition) is 4. The Kier molecular flexibility index (Phi) is 5.86. The van der Waals surface area contributed by atoms with Crippen LogP contribution in [0, 0.1) is 0 Å². The van der Waals surface area contributed by atoms with Crippen LogP contribution in [0.2, 0.25) is 0 Å². The van der Waals surface area contributed by atoms with Crippen molar-refractivity contribution in [3.63, 3.8) is 0 Å². The first-order valence-corrected chi connectivity index (χ1v) is 10.8. The molecule has 0 bridgehead atoms. The van der Waals surface area contributed by atoms with Gasteiger partial charge in [0.15, 0.2) is 0 Å². The zero-order valence-corrected chi connectivity index (χ0v) is 16.2. The van der Waals surface area contributed by atoms with Crippen LogP contribution in [-0.4, -0.2) is 44.6 Å². The molecule has 2 heterocycles. The summed E-state index contributed by atoms with van der Waals surface area (Å²) in [5, 5.41) is 0. The first-order chi connectivity index (χ1) is 9.78. The number of likely N-dealkylation sites (tertiary alicyclic amines) is 1. The maximum absolute atomic E-state index is 12.7. The van der Waals surface area contributed by atoms with E-state index in [1.54, 1.807) is 11.0 Å². The molecular weight excluding hydrogens is 444 g/mol. The van der Waals surface area contributed by atoms with Crippen molar-refractivity contribution < 1.29 is 13.2 Å². The maximum atomic E-state index is 12.7. The van der Waals surface area contributed by atoms with Gasteiger partial charge >= 0.3 is 0 Å². The van der Waals surface area contributed by atoms with Gasteiger partial charge in [-0.15, -0.1) is 11.3 Å². The first kappa shape index (κ1) is 17.4. The average Bonchev–Trinajstić information content (AvgIpc) is 2.74. The fourth-order valence-corrected chi connectivity index (χ4v) is 5.64. The Labute approximate surface area is 145 Å². The summed E-state index contributed by atoms with van der Waals surface area (Å²) in [4.78, 5) is 14.5. The largest absolute Gasteiger partial charge is 0.334 e. The second-order valence-electron chi connectivity index (χ2n) is 5.01. The summed E-state index contributed by atoms with van der Waals surface area (Å²) in [6.45, 7) is 0.933. The topological polar surface area (TPSA) is 66.5 Å². The molecule has 1 unspecified atom stereocenters. The molecular formula is C12H16Br2N2O3S2. The van der Waals surface area contributed by atoms with E-state index in [2.05, 4.69) is 36.6 Å². The van der Waals surface area contributed by atoms with Crippen LogP contribution in [0.5, 0.6) is 0 Å². The summed E-state index contributed by atoms with van der Waals surface area (Å²) in [7, 11) is -3.24. The molecule has 1 fully saturated rings. The van der Waals surface area contributed by atoms with Gasteiger partial charge in [-0.25, -0.2) is 13.1 Å². The highest BCUT2D eigenvalue weighted by atomic mass is 79.9. The molecule has 1 aromatic rings. The smallest absolute Gasteiger partial charge is 0.256 e. The van der Waals surface area contributed by atoms with Gasteiger partial charge in [0, 0.05) is 19.1 Å². The lowest BCUT2D eigenvalue weighted by Crippen LogP contribution is -2.49. The molecule has 1 aromatic heterocycles. The van der Waals surface area contributed by atoms with Crippen molar-refractivity contribution in [2.45, 2.75) is 25.3 Å². The van der Waals surface area contributed by atoms with Gasteiger partial charge in [-0.1, -0.05) is 0 Å². The third-order valence-corrected chi connectivity index (χ3v) is 6.39. The van der Waals surface area contributed by atoms with E-state index in [0.717, 1.165) is 33.1 Å². The minimum absolute atomic E-state index is 0.0520. The highest BCUT2D eigenvalue weighted by molar-refractivity contribution is 9.12. The summed E-state index contributed by atoms with van der Waals surface area (Å²) in [5.41, 5.74) is 0.623. The lowest BCUT2D eigenvalue weighted by atomic mass is 10.0. The molecule has 0 aromatic carbocycles. The molecule has 1 amide bonds. The fourth-order valence-electron chi connectivity index (χ4n) is 2.37. The Morgan fingerprint density at radius 1 is 1.48 bits per heavy atom. The second-order valence-corrected chi connectivity index (χ2v) is 10.6. The lowest BCUT2D eigenvalue weighted by Gasteiger charge is -2.35. The van der Waals surface area contributed by atoms with E-state index in [-0.39, 0.29) is 18.5 Å². The van der Waals surface area contributed by atoms with E-state index in [9.17, 15) is 13.2 Å². The lowest BCUT2D eigenvalue weighted by molar-refractivity contribution is 0.0618. The van der Waals surface area contributed by atoms with Crippen molar-refractivity contribution in [3.05, 3.63) is 19.2 Å². The fraction of sp³-hybridized carbons (Fsp3) is 0.583. The van der Waals surface area contributed by atoms with Gasteiger partial charge in [-0.2, -0.15) is 0 Å². The summed E-state index contributed by atoms with van der Waals surface area (Å²) in [6, 6.07) is 1.71. The van der Waals surface area contributed by atoms with Gasteiger partial charge < -0.3 is 4.90 Å². The molecule has 0 radical (unpaired) electrons. The summed E-state index contributed by atoms with van der Waals surface area (Å²) in [5.74, 6) is -0.0520. The number of nitrogens with zero attached hydrogens (tertiary/aromatic N) is 1. The van der Waals surface area contributed by atoms with E-state index >= 15 is 0 Å². The van der Waals surface area contributed by atoms with E-state index in [0.29, 0.717) is 12.1 Å². The van der Waals surface area contributed by atoms with Gasteiger partial charge in [-0.3, -0.25) is 4.79 Å². The predicted octanol–water partition coefficient (Wildman–Crippen LogP) is 2.82. The number of halogens is 2. The van der Waals surface area contributed by atoms with Crippen molar-refractivity contribution in [2.75, 3.05) is 19.3 Å². The molecule has 1 atom stereocenters. The molecule has 1 N–H and O–H groups in total. The van der Waals surface area contributed by atoms with Crippen molar-refractivity contribution in [3.8, 4) is 0 Å². The van der Waals surface area contributed by atoms with Crippen LogP contribution in [0.4, 0.5) is 0 Å². The molecule has 5 nitrogen and oxygen atoms in total. The quantitative estimate of drug-likeness (QED) is 0.752. The highest BCUT2D eigenvalue weighted by Gasteiger charge is 2.29. The number of piperidine rings is 1. The zero-order chi connectivity index (χ0) is 15.6. The van der Waals surface area contributed by atoms with Crippen molar-refractivity contribution in [1.29, 1.82) is 0 Å². The van der Waals surface area contributed by atoms with Gasteiger partial charge in [0.05, 0.1) is 19.4 Å². The number of thiophene rings is 1. The Balaban J connectivity index is 2.14. The Morgan fingerprint density at radius 2 is 2.19 bits per heavy atom. The molecule has 0 aliphatic carbocycles. The summed E-state index contributed by atoms with van der Waals surface area (Å²) >= 11 is 8.23. The molecule has 2 rings (SSSR count). The number of rotatable bonds is 4. The van der Waals surface area contributed by atoms with Crippen molar-refractivity contribution in [1.82, 2.24) is 9.62 Å². The normalized spacial score (nSPS) is 19.8. The number of carbonyl (C=O) groups is 1. The van der Waals surface area contributed by atoms with E-state index in [1.807, 2.05) is 0 Å². The van der Waals surface area contributed by atoms with Gasteiger partial charge in [-0.05, 0) is 57.2 Å². The van der Waals surface area contributed by atoms with E-state index < -0.39 is 10.0 Å². The number of carbonyl (C=O) groups excluding carboxylic acids is 1. The molecule has 9 heteroatoms. The zero-order valence-electron chi connectivity index (χ0n) is 11.4. The molecule has 1 aliphatic rings. The number of nitrogens with one attached hydrogen (secondary N) is 1.